The number of amides is 1. The average molecular weight is 405 g/mol. The molecule has 0 aliphatic heterocycles. The van der Waals surface area contributed by atoms with Crippen LogP contribution in [0, 0.1) is 5.82 Å². The van der Waals surface area contributed by atoms with Gasteiger partial charge in [0.25, 0.3) is 0 Å². The van der Waals surface area contributed by atoms with E-state index < -0.39 is 11.8 Å². The number of benzene rings is 1. The molecule has 0 aliphatic carbocycles. The van der Waals surface area contributed by atoms with Crippen LogP contribution in [0.1, 0.15) is 17.3 Å². The Morgan fingerprint density at radius 1 is 1.11 bits per heavy atom. The number of rotatable bonds is 7. The van der Waals surface area contributed by atoms with Crippen molar-refractivity contribution in [1.29, 1.82) is 0 Å². The van der Waals surface area contributed by atoms with Crippen molar-refractivity contribution in [3.63, 3.8) is 0 Å². The quantitative estimate of drug-likeness (QED) is 0.453. The first-order chi connectivity index (χ1) is 13.1. The molecule has 3 rings (SSSR count). The Morgan fingerprint density at radius 3 is 2.63 bits per heavy atom. The Hall–Kier alpha value is -2.71. The number of hydrogen-bond acceptors (Lipinski definition) is 6. The second kappa shape index (κ2) is 8.79. The summed E-state index contributed by atoms with van der Waals surface area (Å²) in [6.07, 6.45) is 0. The van der Waals surface area contributed by atoms with Crippen LogP contribution in [-0.2, 0) is 9.53 Å². The summed E-state index contributed by atoms with van der Waals surface area (Å²) in [7, 11) is 0. The minimum Gasteiger partial charge on any atom is -0.487 e. The first kappa shape index (κ1) is 19.1. The number of hydrogen-bond donors (Lipinski definition) is 1. The van der Waals surface area contributed by atoms with E-state index in [1.165, 1.54) is 41.7 Å². The van der Waals surface area contributed by atoms with Crippen LogP contribution in [-0.4, -0.2) is 25.1 Å². The lowest BCUT2D eigenvalue weighted by molar-refractivity contribution is -0.114. The summed E-state index contributed by atoms with van der Waals surface area (Å²) in [6, 6.07) is 9.78. The normalized spacial score (nSPS) is 10.4. The molecular formula is C19H16FNO4S2. The Kier molecular flexibility index (Phi) is 6.20. The summed E-state index contributed by atoms with van der Waals surface area (Å²) in [5.74, 6) is -1.22. The number of halogens is 1. The van der Waals surface area contributed by atoms with Gasteiger partial charge in [-0.25, -0.2) is 9.18 Å². The van der Waals surface area contributed by atoms with Gasteiger partial charge in [-0.3, -0.25) is 4.79 Å². The van der Waals surface area contributed by atoms with Crippen LogP contribution in [0.25, 0.3) is 10.4 Å². The summed E-state index contributed by atoms with van der Waals surface area (Å²) in [6.45, 7) is 1.34. The molecule has 5 nitrogen and oxygen atoms in total. The Labute approximate surface area is 163 Å². The molecule has 27 heavy (non-hydrogen) atoms. The van der Waals surface area contributed by atoms with Gasteiger partial charge in [0.15, 0.2) is 11.6 Å². The number of thiophene rings is 2. The van der Waals surface area contributed by atoms with Crippen molar-refractivity contribution in [1.82, 2.24) is 0 Å². The smallest absolute Gasteiger partial charge is 0.341 e. The van der Waals surface area contributed by atoms with Gasteiger partial charge >= 0.3 is 5.97 Å². The maximum atomic E-state index is 13.5. The van der Waals surface area contributed by atoms with Gasteiger partial charge in [0.05, 0.1) is 0 Å². The first-order valence-corrected chi connectivity index (χ1v) is 9.79. The molecule has 0 fully saturated rings. The van der Waals surface area contributed by atoms with Crippen LogP contribution < -0.4 is 10.1 Å². The summed E-state index contributed by atoms with van der Waals surface area (Å²) >= 11 is 2.75. The van der Waals surface area contributed by atoms with Crippen LogP contribution in [0.3, 0.4) is 0 Å². The van der Waals surface area contributed by atoms with E-state index in [0.717, 1.165) is 4.88 Å². The number of anilines is 1. The van der Waals surface area contributed by atoms with Gasteiger partial charge in [-0.05, 0) is 23.6 Å². The highest BCUT2D eigenvalue weighted by Gasteiger charge is 2.23. The van der Waals surface area contributed by atoms with Crippen molar-refractivity contribution >= 4 is 39.6 Å². The highest BCUT2D eigenvalue weighted by atomic mass is 32.1. The zero-order valence-corrected chi connectivity index (χ0v) is 16.0. The monoisotopic (exact) mass is 405 g/mol. The number of esters is 1. The van der Waals surface area contributed by atoms with Gasteiger partial charge in [0.2, 0.25) is 5.91 Å². The lowest BCUT2D eigenvalue weighted by Gasteiger charge is -2.10. The van der Waals surface area contributed by atoms with E-state index in [-0.39, 0.29) is 24.9 Å². The minimum absolute atomic E-state index is 0.0145. The van der Waals surface area contributed by atoms with Gasteiger partial charge in [0.1, 0.15) is 23.8 Å². The molecule has 2 aromatic heterocycles. The molecule has 1 N–H and O–H groups in total. The van der Waals surface area contributed by atoms with Crippen LogP contribution >= 0.6 is 22.7 Å². The SMILES string of the molecule is CC(=O)Nc1scc(-c2cccs2)c1C(=O)OCCOc1ccccc1F. The van der Waals surface area contributed by atoms with Gasteiger partial charge in [-0.1, -0.05) is 18.2 Å². The highest BCUT2D eigenvalue weighted by molar-refractivity contribution is 7.17. The Bertz CT molecular complexity index is 937. The van der Waals surface area contributed by atoms with E-state index in [9.17, 15) is 14.0 Å². The summed E-state index contributed by atoms with van der Waals surface area (Å²) < 4.78 is 24.1. The molecule has 0 bridgehead atoms. The third-order valence-corrected chi connectivity index (χ3v) is 5.28. The molecule has 3 aromatic rings. The highest BCUT2D eigenvalue weighted by Crippen LogP contribution is 2.38. The zero-order valence-electron chi connectivity index (χ0n) is 14.4. The molecule has 0 saturated heterocycles. The zero-order chi connectivity index (χ0) is 19.2. The fourth-order valence-corrected chi connectivity index (χ4v) is 4.16. The third-order valence-electron chi connectivity index (χ3n) is 3.48. The van der Waals surface area contributed by atoms with E-state index in [1.807, 2.05) is 22.9 Å². The molecule has 1 aromatic carbocycles. The lowest BCUT2D eigenvalue weighted by Crippen LogP contribution is -2.15. The van der Waals surface area contributed by atoms with Crippen LogP contribution in [0.4, 0.5) is 9.39 Å². The van der Waals surface area contributed by atoms with Crippen LogP contribution in [0.2, 0.25) is 0 Å². The van der Waals surface area contributed by atoms with Crippen molar-refractivity contribution in [3.05, 3.63) is 58.5 Å². The van der Waals surface area contributed by atoms with E-state index in [4.69, 9.17) is 9.47 Å². The number of para-hydroxylation sites is 1. The molecular weight excluding hydrogens is 389 g/mol. The topological polar surface area (TPSA) is 64.6 Å². The average Bonchev–Trinajstić information content (AvgIpc) is 3.29. The van der Waals surface area contributed by atoms with Crippen molar-refractivity contribution in [2.45, 2.75) is 6.92 Å². The number of ether oxygens (including phenoxy) is 2. The molecule has 0 spiro atoms. The maximum Gasteiger partial charge on any atom is 0.341 e. The van der Waals surface area contributed by atoms with E-state index in [1.54, 1.807) is 12.1 Å². The van der Waals surface area contributed by atoms with Gasteiger partial charge in [-0.15, -0.1) is 22.7 Å². The lowest BCUT2D eigenvalue weighted by atomic mass is 10.1. The van der Waals surface area contributed by atoms with Crippen LogP contribution in [0.5, 0.6) is 5.75 Å². The predicted molar refractivity (Wildman–Crippen MR) is 104 cm³/mol. The summed E-state index contributed by atoms with van der Waals surface area (Å²) in [5, 5.41) is 6.81. The van der Waals surface area contributed by atoms with Crippen molar-refractivity contribution in [2.75, 3.05) is 18.5 Å². The van der Waals surface area contributed by atoms with Crippen molar-refractivity contribution < 1.29 is 23.5 Å². The number of carbonyl (C=O) groups excluding carboxylic acids is 2. The van der Waals surface area contributed by atoms with E-state index >= 15 is 0 Å². The van der Waals surface area contributed by atoms with Crippen molar-refractivity contribution in [2.24, 2.45) is 0 Å². The summed E-state index contributed by atoms with van der Waals surface area (Å²) in [5.41, 5.74) is 1.02. The largest absolute Gasteiger partial charge is 0.487 e. The fourth-order valence-electron chi connectivity index (χ4n) is 2.35. The fraction of sp³-hybridized carbons (Fsp3) is 0.158. The molecule has 8 heteroatoms. The molecule has 2 heterocycles. The molecule has 1 amide bonds. The number of carbonyl (C=O) groups is 2. The van der Waals surface area contributed by atoms with E-state index in [0.29, 0.717) is 16.1 Å². The molecule has 0 radical (unpaired) electrons. The summed E-state index contributed by atoms with van der Waals surface area (Å²) in [4.78, 5) is 24.9. The maximum absolute atomic E-state index is 13.5. The third kappa shape index (κ3) is 4.72. The minimum atomic E-state index is -0.569. The van der Waals surface area contributed by atoms with Crippen molar-refractivity contribution in [3.8, 4) is 16.2 Å². The van der Waals surface area contributed by atoms with E-state index in [2.05, 4.69) is 5.32 Å². The van der Waals surface area contributed by atoms with Gasteiger partial charge < -0.3 is 14.8 Å². The molecule has 0 atom stereocenters. The van der Waals surface area contributed by atoms with Crippen LogP contribution in [0.15, 0.2) is 47.2 Å². The second-order valence-corrected chi connectivity index (χ2v) is 7.25. The molecule has 140 valence electrons. The van der Waals surface area contributed by atoms with Gasteiger partial charge in [-0.2, -0.15) is 0 Å². The molecule has 0 unspecified atom stereocenters. The van der Waals surface area contributed by atoms with Gasteiger partial charge in [0, 0.05) is 22.7 Å². The standard InChI is InChI=1S/C19H16FNO4S2/c1-12(22)21-18-17(13(11-27-18)16-7-4-10-26-16)19(23)25-9-8-24-15-6-3-2-5-14(15)20/h2-7,10-11H,8-9H2,1H3,(H,21,22). The Morgan fingerprint density at radius 2 is 1.93 bits per heavy atom. The first-order valence-electron chi connectivity index (χ1n) is 8.03. The molecule has 0 saturated carbocycles. The Balaban J connectivity index is 1.69. The number of nitrogens with one attached hydrogen (secondary N) is 1. The molecule has 0 aliphatic rings. The second-order valence-electron chi connectivity index (χ2n) is 5.43. The predicted octanol–water partition coefficient (Wildman–Crippen LogP) is 4.81.